The number of rotatable bonds is 1. The van der Waals surface area contributed by atoms with Crippen molar-refractivity contribution in [3.05, 3.63) is 54.1 Å². The van der Waals surface area contributed by atoms with Crippen molar-refractivity contribution < 1.29 is 4.39 Å². The number of aromatic nitrogens is 3. The van der Waals surface area contributed by atoms with Crippen LogP contribution >= 0.6 is 0 Å². The predicted octanol–water partition coefficient (Wildman–Crippen LogP) is 3.81. The lowest BCUT2D eigenvalue weighted by Crippen LogP contribution is -1.87. The van der Waals surface area contributed by atoms with E-state index in [-0.39, 0.29) is 5.82 Å². The molecular weight excluding hydrogens is 279 g/mol. The van der Waals surface area contributed by atoms with Crippen LogP contribution in [0.5, 0.6) is 0 Å². The molecule has 3 heterocycles. The zero-order chi connectivity index (χ0) is 15.3. The minimum absolute atomic E-state index is 0.248. The summed E-state index contributed by atoms with van der Waals surface area (Å²) in [6.45, 7) is 1.87. The summed E-state index contributed by atoms with van der Waals surface area (Å²) in [4.78, 5) is 11.7. The fourth-order valence-corrected chi connectivity index (χ4v) is 2.75. The van der Waals surface area contributed by atoms with Crippen LogP contribution in [0.25, 0.3) is 33.1 Å². The normalized spacial score (nSPS) is 11.4. The molecular formula is C17H13FN4. The van der Waals surface area contributed by atoms with Gasteiger partial charge in [0.1, 0.15) is 17.3 Å². The monoisotopic (exact) mass is 292 g/mol. The molecule has 0 amide bonds. The molecule has 5 heteroatoms. The predicted molar refractivity (Wildman–Crippen MR) is 85.9 cm³/mol. The van der Waals surface area contributed by atoms with Gasteiger partial charge in [0, 0.05) is 22.5 Å². The Balaban J connectivity index is 1.99. The molecule has 0 saturated carbocycles. The number of fused-ring (bicyclic) bond motifs is 3. The number of hydrogen-bond donors (Lipinski definition) is 2. The van der Waals surface area contributed by atoms with Gasteiger partial charge in [-0.15, -0.1) is 0 Å². The number of nitrogens with two attached hydrogens (primary N) is 1. The molecule has 3 N–H and O–H groups in total. The molecule has 0 spiro atoms. The smallest absolute Gasteiger partial charge is 0.138 e. The molecule has 0 bridgehead atoms. The number of halogens is 1. The van der Waals surface area contributed by atoms with Crippen molar-refractivity contribution in [2.24, 2.45) is 0 Å². The summed E-state index contributed by atoms with van der Waals surface area (Å²) in [7, 11) is 0. The third-order valence-electron chi connectivity index (χ3n) is 3.73. The fraction of sp³-hybridized carbons (Fsp3) is 0.0588. The van der Waals surface area contributed by atoms with Crippen LogP contribution in [0.4, 0.5) is 10.2 Å². The molecule has 0 aliphatic carbocycles. The number of nitrogen functional groups attached to an aromatic ring is 1. The molecule has 3 aromatic heterocycles. The van der Waals surface area contributed by atoms with Crippen molar-refractivity contribution in [1.82, 2.24) is 15.0 Å². The first kappa shape index (κ1) is 12.8. The molecule has 4 rings (SSSR count). The highest BCUT2D eigenvalue weighted by Crippen LogP contribution is 2.29. The Morgan fingerprint density at radius 1 is 0.955 bits per heavy atom. The second-order valence-corrected chi connectivity index (χ2v) is 5.42. The van der Waals surface area contributed by atoms with Gasteiger partial charge in [0.05, 0.1) is 11.7 Å². The summed E-state index contributed by atoms with van der Waals surface area (Å²) >= 11 is 0. The van der Waals surface area contributed by atoms with Crippen molar-refractivity contribution in [2.75, 3.05) is 5.73 Å². The molecule has 0 saturated heterocycles. The molecule has 0 aliphatic heterocycles. The highest BCUT2D eigenvalue weighted by molar-refractivity contribution is 6.07. The molecule has 0 unspecified atom stereocenters. The van der Waals surface area contributed by atoms with Gasteiger partial charge in [-0.25, -0.2) is 14.4 Å². The zero-order valence-electron chi connectivity index (χ0n) is 11.9. The maximum absolute atomic E-state index is 13.6. The van der Waals surface area contributed by atoms with Crippen LogP contribution in [-0.2, 0) is 0 Å². The first-order valence-electron chi connectivity index (χ1n) is 6.91. The molecule has 22 heavy (non-hydrogen) atoms. The lowest BCUT2D eigenvalue weighted by Gasteiger charge is -2.04. The summed E-state index contributed by atoms with van der Waals surface area (Å²) in [6, 6.07) is 8.77. The molecule has 0 radical (unpaired) electrons. The Bertz CT molecular complexity index is 1000. The van der Waals surface area contributed by atoms with Crippen LogP contribution in [0.3, 0.4) is 0 Å². The minimum atomic E-state index is -0.248. The van der Waals surface area contributed by atoms with Gasteiger partial charge in [-0.05, 0) is 42.3 Å². The van der Waals surface area contributed by atoms with E-state index >= 15 is 0 Å². The fourth-order valence-electron chi connectivity index (χ4n) is 2.75. The van der Waals surface area contributed by atoms with E-state index in [1.807, 2.05) is 25.1 Å². The van der Waals surface area contributed by atoms with Gasteiger partial charge >= 0.3 is 0 Å². The van der Waals surface area contributed by atoms with Gasteiger partial charge in [0.25, 0.3) is 0 Å². The number of anilines is 1. The molecule has 0 aliphatic rings. The van der Waals surface area contributed by atoms with Crippen molar-refractivity contribution in [3.63, 3.8) is 0 Å². The average Bonchev–Trinajstić information content (AvgIpc) is 2.83. The standard InChI is InChI=1S/C17H13FN4/c1-9-2-10(4-12(18)3-9)11-5-14-13-6-16(19)20-8-15(13)22-17(14)21-7-11/h2-8H,1H3,(H2,19,20)(H,21,22). The molecule has 0 fully saturated rings. The highest BCUT2D eigenvalue weighted by atomic mass is 19.1. The van der Waals surface area contributed by atoms with Gasteiger partial charge in [-0.1, -0.05) is 6.07 Å². The number of aromatic amines is 1. The number of H-pyrrole nitrogens is 1. The van der Waals surface area contributed by atoms with E-state index in [1.165, 1.54) is 12.1 Å². The summed E-state index contributed by atoms with van der Waals surface area (Å²) in [5, 5.41) is 1.91. The van der Waals surface area contributed by atoms with E-state index in [0.29, 0.717) is 5.82 Å². The summed E-state index contributed by atoms with van der Waals surface area (Å²) in [5.74, 6) is 0.211. The second-order valence-electron chi connectivity index (χ2n) is 5.42. The van der Waals surface area contributed by atoms with Crippen LogP contribution in [0.2, 0.25) is 0 Å². The largest absolute Gasteiger partial charge is 0.384 e. The molecule has 108 valence electrons. The van der Waals surface area contributed by atoms with Gasteiger partial charge in [0.15, 0.2) is 0 Å². The summed E-state index contributed by atoms with van der Waals surface area (Å²) in [6.07, 6.45) is 3.43. The SMILES string of the molecule is Cc1cc(F)cc(-c2cnc3[nH]c4cnc(N)cc4c3c2)c1. The van der Waals surface area contributed by atoms with Crippen LogP contribution in [0.1, 0.15) is 5.56 Å². The van der Waals surface area contributed by atoms with E-state index in [4.69, 9.17) is 5.73 Å². The molecule has 4 aromatic rings. The number of nitrogens with zero attached hydrogens (tertiary/aromatic N) is 2. The van der Waals surface area contributed by atoms with Crippen LogP contribution in [0, 0.1) is 12.7 Å². The van der Waals surface area contributed by atoms with Crippen molar-refractivity contribution in [2.45, 2.75) is 6.92 Å². The van der Waals surface area contributed by atoms with E-state index in [2.05, 4.69) is 15.0 Å². The van der Waals surface area contributed by atoms with Crippen LogP contribution in [0.15, 0.2) is 42.7 Å². The lowest BCUT2D eigenvalue weighted by atomic mass is 10.0. The first-order chi connectivity index (χ1) is 10.6. The van der Waals surface area contributed by atoms with E-state index in [1.54, 1.807) is 12.4 Å². The van der Waals surface area contributed by atoms with Crippen LogP contribution in [-0.4, -0.2) is 15.0 Å². The van der Waals surface area contributed by atoms with Crippen molar-refractivity contribution >= 4 is 27.8 Å². The zero-order valence-corrected chi connectivity index (χ0v) is 11.9. The van der Waals surface area contributed by atoms with Gasteiger partial charge in [-0.3, -0.25) is 0 Å². The number of benzene rings is 1. The lowest BCUT2D eigenvalue weighted by molar-refractivity contribution is 0.627. The average molecular weight is 292 g/mol. The van der Waals surface area contributed by atoms with E-state index in [9.17, 15) is 4.39 Å². The quantitative estimate of drug-likeness (QED) is 0.560. The Morgan fingerprint density at radius 2 is 1.82 bits per heavy atom. The Kier molecular flexibility index (Phi) is 2.63. The first-order valence-corrected chi connectivity index (χ1v) is 6.91. The maximum Gasteiger partial charge on any atom is 0.138 e. The van der Waals surface area contributed by atoms with Gasteiger partial charge < -0.3 is 10.7 Å². The van der Waals surface area contributed by atoms with Crippen LogP contribution < -0.4 is 5.73 Å². The number of pyridine rings is 2. The highest BCUT2D eigenvalue weighted by Gasteiger charge is 2.09. The van der Waals surface area contributed by atoms with E-state index in [0.717, 1.165) is 38.6 Å². The third-order valence-corrected chi connectivity index (χ3v) is 3.73. The number of hydrogen-bond acceptors (Lipinski definition) is 3. The summed E-state index contributed by atoms with van der Waals surface area (Å²) in [5.41, 5.74) is 9.96. The third kappa shape index (κ3) is 1.98. The summed E-state index contributed by atoms with van der Waals surface area (Å²) < 4.78 is 13.6. The molecule has 0 atom stereocenters. The van der Waals surface area contributed by atoms with Crippen molar-refractivity contribution in [3.8, 4) is 11.1 Å². The Hall–Kier alpha value is -2.95. The topological polar surface area (TPSA) is 67.6 Å². The number of aryl methyl sites for hydroxylation is 1. The van der Waals surface area contributed by atoms with Crippen molar-refractivity contribution in [1.29, 1.82) is 0 Å². The van der Waals surface area contributed by atoms with E-state index < -0.39 is 0 Å². The number of nitrogens with one attached hydrogen (secondary N) is 1. The maximum atomic E-state index is 13.6. The molecule has 4 nitrogen and oxygen atoms in total. The van der Waals surface area contributed by atoms with Gasteiger partial charge in [-0.2, -0.15) is 0 Å². The van der Waals surface area contributed by atoms with Gasteiger partial charge in [0.2, 0.25) is 0 Å². The second kappa shape index (κ2) is 4.53. The minimum Gasteiger partial charge on any atom is -0.384 e. The Labute approximate surface area is 125 Å². The molecule has 1 aromatic carbocycles. The Morgan fingerprint density at radius 3 is 2.64 bits per heavy atom.